The first kappa shape index (κ1) is 14.1. The monoisotopic (exact) mass is 337 g/mol. The predicted molar refractivity (Wildman–Crippen MR) is 80.3 cm³/mol. The Morgan fingerprint density at radius 2 is 2.32 bits per heavy atom. The molecule has 0 aliphatic carbocycles. The number of fused-ring (bicyclic) bond motifs is 1. The molecule has 19 heavy (non-hydrogen) atoms. The zero-order chi connectivity index (χ0) is 13.8. The molecule has 1 aromatic carbocycles. The van der Waals surface area contributed by atoms with Crippen LogP contribution in [0.5, 0.6) is 0 Å². The second kappa shape index (κ2) is 6.22. The van der Waals surface area contributed by atoms with Gasteiger partial charge in [0.05, 0.1) is 17.0 Å². The Morgan fingerprint density at radius 1 is 1.53 bits per heavy atom. The zero-order valence-electron chi connectivity index (χ0n) is 10.4. The lowest BCUT2D eigenvalue weighted by atomic mass is 10.2. The van der Waals surface area contributed by atoms with Crippen molar-refractivity contribution in [3.8, 4) is 6.07 Å². The van der Waals surface area contributed by atoms with Crippen molar-refractivity contribution in [2.45, 2.75) is 25.0 Å². The molecule has 0 unspecified atom stereocenters. The van der Waals surface area contributed by atoms with Gasteiger partial charge in [-0.15, -0.1) is 0 Å². The van der Waals surface area contributed by atoms with Gasteiger partial charge in [-0.3, -0.25) is 9.36 Å². The summed E-state index contributed by atoms with van der Waals surface area (Å²) >= 11 is 4.81. The Hall–Kier alpha value is -1.32. The van der Waals surface area contributed by atoms with Crippen molar-refractivity contribution in [1.82, 2.24) is 9.55 Å². The maximum absolute atomic E-state index is 12.4. The van der Waals surface area contributed by atoms with Gasteiger partial charge in [-0.2, -0.15) is 5.26 Å². The average molecular weight is 338 g/mol. The fraction of sp³-hybridized carbons (Fsp3) is 0.308. The Labute approximate surface area is 123 Å². The number of aromatic nitrogens is 2. The van der Waals surface area contributed by atoms with E-state index >= 15 is 0 Å². The zero-order valence-corrected chi connectivity index (χ0v) is 12.8. The number of nitriles is 1. The Kier molecular flexibility index (Phi) is 4.61. The highest BCUT2D eigenvalue weighted by molar-refractivity contribution is 9.10. The summed E-state index contributed by atoms with van der Waals surface area (Å²) in [4.78, 5) is 16.9. The van der Waals surface area contributed by atoms with Crippen LogP contribution < -0.4 is 5.56 Å². The van der Waals surface area contributed by atoms with Crippen LogP contribution in [0.25, 0.3) is 10.9 Å². The smallest absolute Gasteiger partial charge is 0.262 e. The van der Waals surface area contributed by atoms with Gasteiger partial charge in [0, 0.05) is 23.2 Å². The largest absolute Gasteiger partial charge is 0.287 e. The molecule has 1 heterocycles. The summed E-state index contributed by atoms with van der Waals surface area (Å²) in [5.74, 6) is 0.644. The van der Waals surface area contributed by atoms with E-state index in [0.717, 1.165) is 4.47 Å². The number of hydrogen-bond acceptors (Lipinski definition) is 4. The maximum atomic E-state index is 12.4. The lowest BCUT2D eigenvalue weighted by molar-refractivity contribution is 0.634. The molecule has 0 aliphatic heterocycles. The molecule has 4 nitrogen and oxygen atoms in total. The summed E-state index contributed by atoms with van der Waals surface area (Å²) in [5, 5.41) is 9.86. The predicted octanol–water partition coefficient (Wildman–Crippen LogP) is 3.18. The summed E-state index contributed by atoms with van der Waals surface area (Å²) in [5.41, 5.74) is 0.658. The van der Waals surface area contributed by atoms with Crippen LogP contribution in [0.15, 0.2) is 32.6 Å². The highest BCUT2D eigenvalue weighted by Gasteiger charge is 2.10. The third-order valence-corrected chi connectivity index (χ3v) is 4.11. The van der Waals surface area contributed by atoms with Gasteiger partial charge in [-0.1, -0.05) is 27.7 Å². The SMILES string of the molecule is CCn1c(SCCC#N)nc2ccc(Br)cc2c1=O. The second-order valence-corrected chi connectivity index (χ2v) is 5.84. The van der Waals surface area contributed by atoms with E-state index in [1.165, 1.54) is 11.8 Å². The minimum absolute atomic E-state index is 0.0340. The number of hydrogen-bond donors (Lipinski definition) is 0. The van der Waals surface area contributed by atoms with E-state index in [1.54, 1.807) is 10.6 Å². The number of thioether (sulfide) groups is 1. The number of nitrogens with zero attached hydrogens (tertiary/aromatic N) is 3. The minimum atomic E-state index is -0.0340. The molecule has 1 aromatic heterocycles. The topological polar surface area (TPSA) is 58.7 Å². The van der Waals surface area contributed by atoms with Gasteiger partial charge in [0.1, 0.15) is 0 Å². The van der Waals surface area contributed by atoms with Crippen molar-refractivity contribution in [2.24, 2.45) is 0 Å². The van der Waals surface area contributed by atoms with Gasteiger partial charge in [-0.05, 0) is 25.1 Å². The van der Waals surface area contributed by atoms with E-state index in [-0.39, 0.29) is 5.56 Å². The molecule has 0 bridgehead atoms. The molecule has 98 valence electrons. The van der Waals surface area contributed by atoms with Crippen LogP contribution in [0.1, 0.15) is 13.3 Å². The second-order valence-electron chi connectivity index (χ2n) is 3.86. The third-order valence-electron chi connectivity index (χ3n) is 2.64. The van der Waals surface area contributed by atoms with Gasteiger partial charge in [0.25, 0.3) is 5.56 Å². The first-order valence-corrected chi connectivity index (χ1v) is 7.65. The number of rotatable bonds is 4. The molecule has 0 spiro atoms. The molecule has 0 aliphatic rings. The van der Waals surface area contributed by atoms with Crippen molar-refractivity contribution in [1.29, 1.82) is 5.26 Å². The molecule has 0 radical (unpaired) electrons. The Morgan fingerprint density at radius 3 is 3.00 bits per heavy atom. The summed E-state index contributed by atoms with van der Waals surface area (Å²) in [6.07, 6.45) is 0.447. The molecule has 2 rings (SSSR count). The van der Waals surface area contributed by atoms with Crippen LogP contribution in [0.4, 0.5) is 0 Å². The molecule has 2 aromatic rings. The molecule has 0 atom stereocenters. The molecule has 0 amide bonds. The maximum Gasteiger partial charge on any atom is 0.262 e. The Bertz CT molecular complexity index is 705. The quantitative estimate of drug-likeness (QED) is 0.488. The summed E-state index contributed by atoms with van der Waals surface area (Å²) in [7, 11) is 0. The summed E-state index contributed by atoms with van der Waals surface area (Å²) in [6.45, 7) is 2.49. The van der Waals surface area contributed by atoms with Crippen LogP contribution in [-0.2, 0) is 6.54 Å². The van der Waals surface area contributed by atoms with E-state index in [2.05, 4.69) is 27.0 Å². The van der Waals surface area contributed by atoms with Crippen LogP contribution >= 0.6 is 27.7 Å². The van der Waals surface area contributed by atoms with Crippen molar-refractivity contribution < 1.29 is 0 Å². The summed E-state index contributed by atoms with van der Waals surface area (Å²) in [6, 6.07) is 7.58. The number of halogens is 1. The summed E-state index contributed by atoms with van der Waals surface area (Å²) < 4.78 is 2.52. The molecule has 6 heteroatoms. The van der Waals surface area contributed by atoms with Crippen LogP contribution in [-0.4, -0.2) is 15.3 Å². The molecular weight excluding hydrogens is 326 g/mol. The van der Waals surface area contributed by atoms with E-state index in [1.807, 2.05) is 19.1 Å². The van der Waals surface area contributed by atoms with Gasteiger partial charge >= 0.3 is 0 Å². The normalized spacial score (nSPS) is 10.6. The highest BCUT2D eigenvalue weighted by Crippen LogP contribution is 2.20. The molecular formula is C13H12BrN3OS. The third kappa shape index (κ3) is 2.99. The fourth-order valence-corrected chi connectivity index (χ4v) is 3.02. The van der Waals surface area contributed by atoms with E-state index in [4.69, 9.17) is 5.26 Å². The van der Waals surface area contributed by atoms with Crippen molar-refractivity contribution in [3.63, 3.8) is 0 Å². The van der Waals surface area contributed by atoms with Gasteiger partial charge in [0.15, 0.2) is 5.16 Å². The van der Waals surface area contributed by atoms with Crippen LogP contribution in [0.3, 0.4) is 0 Å². The van der Waals surface area contributed by atoms with Gasteiger partial charge in [-0.25, -0.2) is 4.98 Å². The first-order chi connectivity index (χ1) is 9.17. The lowest BCUT2D eigenvalue weighted by Crippen LogP contribution is -2.22. The average Bonchev–Trinajstić information content (AvgIpc) is 2.40. The van der Waals surface area contributed by atoms with Crippen molar-refractivity contribution >= 4 is 38.6 Å². The van der Waals surface area contributed by atoms with Crippen molar-refractivity contribution in [3.05, 3.63) is 33.0 Å². The lowest BCUT2D eigenvalue weighted by Gasteiger charge is -2.10. The van der Waals surface area contributed by atoms with E-state index in [0.29, 0.717) is 34.8 Å². The van der Waals surface area contributed by atoms with Crippen LogP contribution in [0, 0.1) is 11.3 Å². The first-order valence-electron chi connectivity index (χ1n) is 5.87. The Balaban J connectivity index is 2.56. The van der Waals surface area contributed by atoms with Gasteiger partial charge in [0.2, 0.25) is 0 Å². The molecule has 0 saturated heterocycles. The van der Waals surface area contributed by atoms with Crippen molar-refractivity contribution in [2.75, 3.05) is 5.75 Å². The van der Waals surface area contributed by atoms with E-state index in [9.17, 15) is 4.79 Å². The van der Waals surface area contributed by atoms with Crippen LogP contribution in [0.2, 0.25) is 0 Å². The van der Waals surface area contributed by atoms with E-state index < -0.39 is 0 Å². The van der Waals surface area contributed by atoms with Gasteiger partial charge < -0.3 is 0 Å². The molecule has 0 saturated carbocycles. The highest BCUT2D eigenvalue weighted by atomic mass is 79.9. The minimum Gasteiger partial charge on any atom is -0.287 e. The molecule has 0 fully saturated rings. The fourth-order valence-electron chi connectivity index (χ4n) is 1.75. The molecule has 0 N–H and O–H groups in total. The number of benzene rings is 1. The standard InChI is InChI=1S/C13H12BrN3OS/c1-2-17-12(18)10-8-9(14)4-5-11(10)16-13(17)19-7-3-6-15/h4-5,8H,2-3,7H2,1H3.